The zero-order chi connectivity index (χ0) is 15.4. The van der Waals surface area contributed by atoms with E-state index in [9.17, 15) is 4.79 Å². The fourth-order valence-electron chi connectivity index (χ4n) is 2.07. The van der Waals surface area contributed by atoms with Gasteiger partial charge in [-0.3, -0.25) is 4.79 Å². The van der Waals surface area contributed by atoms with Gasteiger partial charge < -0.3 is 10.2 Å². The van der Waals surface area contributed by atoms with Crippen LogP contribution in [0.5, 0.6) is 0 Å². The molecule has 0 bridgehead atoms. The average molecular weight is 307 g/mol. The second-order valence-electron chi connectivity index (χ2n) is 4.84. The van der Waals surface area contributed by atoms with Crippen LogP contribution in [0.3, 0.4) is 0 Å². The van der Waals surface area contributed by atoms with Gasteiger partial charge in [-0.25, -0.2) is 4.68 Å². The van der Waals surface area contributed by atoms with E-state index in [2.05, 4.69) is 10.4 Å². The first-order valence-corrected chi connectivity index (χ1v) is 7.13. The lowest BCUT2D eigenvalue weighted by atomic mass is 10.2. The molecule has 0 saturated carbocycles. The quantitative estimate of drug-likeness (QED) is 0.920. The summed E-state index contributed by atoms with van der Waals surface area (Å²) in [4.78, 5) is 14.1. The van der Waals surface area contributed by atoms with Gasteiger partial charge in [-0.05, 0) is 26.1 Å². The third kappa shape index (κ3) is 3.25. The van der Waals surface area contributed by atoms with Crippen molar-refractivity contribution in [2.24, 2.45) is 0 Å². The van der Waals surface area contributed by atoms with Gasteiger partial charge in [0.05, 0.1) is 28.2 Å². The fourth-order valence-corrected chi connectivity index (χ4v) is 2.29. The Hall–Kier alpha value is -1.85. The molecule has 0 spiro atoms. The summed E-state index contributed by atoms with van der Waals surface area (Å²) in [5.41, 5.74) is 2.14. The predicted octanol–water partition coefficient (Wildman–Crippen LogP) is 2.13. The first-order valence-electron chi connectivity index (χ1n) is 6.76. The number of aromatic nitrogens is 2. The van der Waals surface area contributed by atoms with E-state index in [0.717, 1.165) is 17.9 Å². The SMILES string of the molecule is CNCCN(C)C(=O)c1cnn(-c2ccccc2Cl)c1C. The van der Waals surface area contributed by atoms with Crippen molar-refractivity contribution in [2.75, 3.05) is 27.2 Å². The highest BCUT2D eigenvalue weighted by Gasteiger charge is 2.19. The van der Waals surface area contributed by atoms with Gasteiger partial charge in [-0.1, -0.05) is 23.7 Å². The number of rotatable bonds is 5. The molecule has 2 rings (SSSR count). The standard InChI is InChI=1S/C15H19ClN4O/c1-11-12(15(21)19(3)9-8-17-2)10-18-20(11)14-7-5-4-6-13(14)16/h4-7,10,17H,8-9H2,1-3H3. The maximum absolute atomic E-state index is 12.4. The Labute approximate surface area is 129 Å². The normalized spacial score (nSPS) is 10.7. The number of benzene rings is 1. The largest absolute Gasteiger partial charge is 0.340 e. The molecule has 0 fully saturated rings. The number of carbonyl (C=O) groups is 1. The maximum atomic E-state index is 12.4. The molecule has 2 aromatic rings. The van der Waals surface area contributed by atoms with Gasteiger partial charge in [0.1, 0.15) is 0 Å². The number of carbonyl (C=O) groups excluding carboxylic acids is 1. The number of halogens is 1. The number of para-hydroxylation sites is 1. The zero-order valence-electron chi connectivity index (χ0n) is 12.4. The van der Waals surface area contributed by atoms with Crippen LogP contribution < -0.4 is 5.32 Å². The molecule has 0 radical (unpaired) electrons. The van der Waals surface area contributed by atoms with Gasteiger partial charge in [-0.2, -0.15) is 5.10 Å². The number of hydrogen-bond acceptors (Lipinski definition) is 3. The van der Waals surface area contributed by atoms with Gasteiger partial charge in [0, 0.05) is 20.1 Å². The smallest absolute Gasteiger partial charge is 0.257 e. The van der Waals surface area contributed by atoms with Crippen molar-refractivity contribution in [1.82, 2.24) is 20.0 Å². The van der Waals surface area contributed by atoms with Crippen molar-refractivity contribution in [3.8, 4) is 5.69 Å². The van der Waals surface area contributed by atoms with Crippen molar-refractivity contribution in [1.29, 1.82) is 0 Å². The van der Waals surface area contributed by atoms with Gasteiger partial charge in [-0.15, -0.1) is 0 Å². The van der Waals surface area contributed by atoms with Crippen LogP contribution in [-0.2, 0) is 0 Å². The van der Waals surface area contributed by atoms with Crippen LogP contribution in [0.1, 0.15) is 16.1 Å². The molecule has 5 nitrogen and oxygen atoms in total. The van der Waals surface area contributed by atoms with E-state index < -0.39 is 0 Å². The van der Waals surface area contributed by atoms with E-state index in [1.165, 1.54) is 0 Å². The van der Waals surface area contributed by atoms with Crippen molar-refractivity contribution in [3.05, 3.63) is 46.7 Å². The molecule has 0 aliphatic carbocycles. The first kappa shape index (κ1) is 15.5. The third-order valence-electron chi connectivity index (χ3n) is 3.36. The van der Waals surface area contributed by atoms with Crippen LogP contribution >= 0.6 is 11.6 Å². The van der Waals surface area contributed by atoms with Crippen molar-refractivity contribution in [2.45, 2.75) is 6.92 Å². The van der Waals surface area contributed by atoms with Crippen LogP contribution in [0, 0.1) is 6.92 Å². The number of nitrogens with zero attached hydrogens (tertiary/aromatic N) is 3. The Morgan fingerprint density at radius 2 is 2.14 bits per heavy atom. The lowest BCUT2D eigenvalue weighted by Gasteiger charge is -2.16. The molecular weight excluding hydrogens is 288 g/mol. The minimum absolute atomic E-state index is 0.0407. The van der Waals surface area contributed by atoms with Gasteiger partial charge in [0.15, 0.2) is 0 Å². The Morgan fingerprint density at radius 3 is 2.81 bits per heavy atom. The molecule has 1 N–H and O–H groups in total. The average Bonchev–Trinajstić information content (AvgIpc) is 2.86. The molecule has 1 amide bonds. The minimum Gasteiger partial charge on any atom is -0.340 e. The van der Waals surface area contributed by atoms with Gasteiger partial charge >= 0.3 is 0 Å². The Kier molecular flexibility index (Phi) is 4.98. The summed E-state index contributed by atoms with van der Waals surface area (Å²) in [5.74, 6) is -0.0407. The summed E-state index contributed by atoms with van der Waals surface area (Å²) in [6.45, 7) is 3.27. The lowest BCUT2D eigenvalue weighted by molar-refractivity contribution is 0.0796. The highest BCUT2D eigenvalue weighted by molar-refractivity contribution is 6.32. The summed E-state index contributed by atoms with van der Waals surface area (Å²) in [5, 5.41) is 7.93. The highest BCUT2D eigenvalue weighted by atomic mass is 35.5. The van der Waals surface area contributed by atoms with E-state index in [4.69, 9.17) is 11.6 Å². The topological polar surface area (TPSA) is 50.2 Å². The minimum atomic E-state index is -0.0407. The second kappa shape index (κ2) is 6.74. The number of amides is 1. The monoisotopic (exact) mass is 306 g/mol. The van der Waals surface area contributed by atoms with E-state index in [-0.39, 0.29) is 5.91 Å². The molecule has 0 unspecified atom stereocenters. The molecule has 0 atom stereocenters. The molecule has 0 aliphatic rings. The Bertz CT molecular complexity index is 638. The summed E-state index contributed by atoms with van der Waals surface area (Å²) in [6.07, 6.45) is 1.59. The van der Waals surface area contributed by atoms with Crippen LogP contribution in [0.25, 0.3) is 5.69 Å². The summed E-state index contributed by atoms with van der Waals surface area (Å²) < 4.78 is 1.70. The molecular formula is C15H19ClN4O. The van der Waals surface area contributed by atoms with E-state index in [0.29, 0.717) is 17.1 Å². The van der Waals surface area contributed by atoms with E-state index in [1.54, 1.807) is 28.9 Å². The molecule has 1 aromatic heterocycles. The lowest BCUT2D eigenvalue weighted by Crippen LogP contribution is -2.33. The molecule has 0 saturated heterocycles. The molecule has 1 heterocycles. The molecule has 21 heavy (non-hydrogen) atoms. The van der Waals surface area contributed by atoms with Crippen LogP contribution in [0.2, 0.25) is 5.02 Å². The maximum Gasteiger partial charge on any atom is 0.257 e. The highest BCUT2D eigenvalue weighted by Crippen LogP contribution is 2.22. The van der Waals surface area contributed by atoms with Crippen molar-refractivity contribution >= 4 is 17.5 Å². The summed E-state index contributed by atoms with van der Waals surface area (Å²) >= 11 is 6.19. The predicted molar refractivity (Wildman–Crippen MR) is 84.2 cm³/mol. The van der Waals surface area contributed by atoms with Crippen LogP contribution in [-0.4, -0.2) is 47.8 Å². The number of hydrogen-bond donors (Lipinski definition) is 1. The Balaban J connectivity index is 2.29. The van der Waals surface area contributed by atoms with E-state index >= 15 is 0 Å². The van der Waals surface area contributed by atoms with E-state index in [1.807, 2.05) is 32.2 Å². The fraction of sp³-hybridized carbons (Fsp3) is 0.333. The van der Waals surface area contributed by atoms with Crippen LogP contribution in [0.4, 0.5) is 0 Å². The third-order valence-corrected chi connectivity index (χ3v) is 3.68. The Morgan fingerprint density at radius 1 is 1.43 bits per heavy atom. The number of likely N-dealkylation sites (N-methyl/N-ethyl adjacent to an activating group) is 2. The summed E-state index contributed by atoms with van der Waals surface area (Å²) in [7, 11) is 3.64. The summed E-state index contributed by atoms with van der Waals surface area (Å²) in [6, 6.07) is 7.44. The molecule has 0 aliphatic heterocycles. The first-order chi connectivity index (χ1) is 10.1. The van der Waals surface area contributed by atoms with Crippen molar-refractivity contribution < 1.29 is 4.79 Å². The van der Waals surface area contributed by atoms with Gasteiger partial charge in [0.2, 0.25) is 0 Å². The molecule has 6 heteroatoms. The molecule has 112 valence electrons. The van der Waals surface area contributed by atoms with Crippen molar-refractivity contribution in [3.63, 3.8) is 0 Å². The number of nitrogens with one attached hydrogen (secondary N) is 1. The second-order valence-corrected chi connectivity index (χ2v) is 5.24. The zero-order valence-corrected chi connectivity index (χ0v) is 13.2. The molecule has 1 aromatic carbocycles. The van der Waals surface area contributed by atoms with Crippen LogP contribution in [0.15, 0.2) is 30.5 Å². The van der Waals surface area contributed by atoms with Gasteiger partial charge in [0.25, 0.3) is 5.91 Å².